The Labute approximate surface area is 159 Å². The molecule has 4 heteroatoms. The van der Waals surface area contributed by atoms with Crippen LogP contribution in [-0.4, -0.2) is 9.97 Å². The summed E-state index contributed by atoms with van der Waals surface area (Å²) in [5.74, 6) is 6.36. The quantitative estimate of drug-likeness (QED) is 0.372. The minimum absolute atomic E-state index is 0.361. The van der Waals surface area contributed by atoms with Crippen LogP contribution in [0.15, 0.2) is 43.2 Å². The molecular formula is C23H24F2N2. The minimum atomic E-state index is -0.903. The maximum absolute atomic E-state index is 13.3. The minimum Gasteiger partial charge on any atom is -0.235 e. The number of unbranched alkanes of at least 4 members (excludes halogenated alkanes) is 1. The summed E-state index contributed by atoms with van der Waals surface area (Å²) in [5, 5.41) is 0. The van der Waals surface area contributed by atoms with Gasteiger partial charge in [-0.1, -0.05) is 24.3 Å². The zero-order valence-electron chi connectivity index (χ0n) is 15.4. The van der Waals surface area contributed by atoms with Crippen LogP contribution in [0.1, 0.15) is 50.5 Å². The number of hydrogen-bond acceptors (Lipinski definition) is 2. The molecule has 0 radical (unpaired) electrons. The van der Waals surface area contributed by atoms with Crippen LogP contribution in [-0.2, 0) is 0 Å². The van der Waals surface area contributed by atoms with Crippen molar-refractivity contribution in [2.75, 3.05) is 0 Å². The predicted octanol–water partition coefficient (Wildman–Crippen LogP) is 5.94. The maximum atomic E-state index is 13.3. The van der Waals surface area contributed by atoms with Crippen molar-refractivity contribution < 1.29 is 8.78 Å². The van der Waals surface area contributed by atoms with Gasteiger partial charge in [-0.05, 0) is 62.6 Å². The molecule has 1 aliphatic carbocycles. The molecule has 0 N–H and O–H groups in total. The molecule has 3 rings (SSSR count). The van der Waals surface area contributed by atoms with E-state index in [4.69, 9.17) is 0 Å². The molecule has 0 bridgehead atoms. The van der Waals surface area contributed by atoms with Crippen molar-refractivity contribution in [1.82, 2.24) is 9.97 Å². The van der Waals surface area contributed by atoms with Gasteiger partial charge < -0.3 is 0 Å². The second kappa shape index (κ2) is 9.41. The van der Waals surface area contributed by atoms with E-state index in [9.17, 15) is 8.78 Å². The molecule has 0 aliphatic heterocycles. The lowest BCUT2D eigenvalue weighted by Crippen LogP contribution is -2.13. The first-order chi connectivity index (χ1) is 13.2. The standard InChI is InChI=1S/C23H24F2N2/c1-2-3-4-5-17-6-8-18(9-7-17)10-11-19-15-26-23(27-16-19)20-12-13-21(24)22(25)14-20/h2,12-18H,1,3-9H2. The fourth-order valence-electron chi connectivity index (χ4n) is 3.51. The number of benzene rings is 1. The third-order valence-corrected chi connectivity index (χ3v) is 5.12. The van der Waals surface area contributed by atoms with Gasteiger partial charge in [-0.15, -0.1) is 6.58 Å². The molecule has 0 amide bonds. The Balaban J connectivity index is 1.55. The van der Waals surface area contributed by atoms with Crippen LogP contribution in [0.5, 0.6) is 0 Å². The lowest BCUT2D eigenvalue weighted by atomic mass is 9.80. The number of nitrogens with zero attached hydrogens (tertiary/aromatic N) is 2. The van der Waals surface area contributed by atoms with Crippen molar-refractivity contribution in [1.29, 1.82) is 0 Å². The van der Waals surface area contributed by atoms with Crippen LogP contribution in [0.25, 0.3) is 11.4 Å². The molecule has 2 nitrogen and oxygen atoms in total. The topological polar surface area (TPSA) is 25.8 Å². The van der Waals surface area contributed by atoms with Crippen LogP contribution >= 0.6 is 0 Å². The monoisotopic (exact) mass is 366 g/mol. The van der Waals surface area contributed by atoms with Crippen LogP contribution in [0.3, 0.4) is 0 Å². The van der Waals surface area contributed by atoms with Gasteiger partial charge >= 0.3 is 0 Å². The number of hydrogen-bond donors (Lipinski definition) is 0. The highest BCUT2D eigenvalue weighted by Gasteiger charge is 2.19. The SMILES string of the molecule is C=CCCCC1CCC(C#Cc2cnc(-c3ccc(F)c(F)c3)nc2)CC1. The first-order valence-corrected chi connectivity index (χ1v) is 9.55. The molecule has 0 saturated heterocycles. The Morgan fingerprint density at radius 3 is 2.48 bits per heavy atom. The van der Waals surface area contributed by atoms with Gasteiger partial charge in [0.05, 0.1) is 5.56 Å². The van der Waals surface area contributed by atoms with Crippen molar-refractivity contribution in [2.45, 2.75) is 44.9 Å². The molecule has 2 aromatic rings. The average molecular weight is 366 g/mol. The first kappa shape index (κ1) is 19.2. The lowest BCUT2D eigenvalue weighted by molar-refractivity contribution is 0.297. The Kier molecular flexibility index (Phi) is 6.70. The van der Waals surface area contributed by atoms with Gasteiger partial charge in [0.2, 0.25) is 0 Å². The first-order valence-electron chi connectivity index (χ1n) is 9.55. The normalized spacial score (nSPS) is 19.2. The van der Waals surface area contributed by atoms with Gasteiger partial charge in [0.25, 0.3) is 0 Å². The van der Waals surface area contributed by atoms with Crippen LogP contribution in [0.4, 0.5) is 8.78 Å². The van der Waals surface area contributed by atoms with E-state index in [0.29, 0.717) is 17.3 Å². The molecule has 0 spiro atoms. The molecule has 140 valence electrons. The van der Waals surface area contributed by atoms with E-state index >= 15 is 0 Å². The molecule has 0 unspecified atom stereocenters. The zero-order chi connectivity index (χ0) is 19.1. The van der Waals surface area contributed by atoms with E-state index in [0.717, 1.165) is 42.9 Å². The molecule has 1 saturated carbocycles. The summed E-state index contributed by atoms with van der Waals surface area (Å²) in [6.07, 6.45) is 13.7. The summed E-state index contributed by atoms with van der Waals surface area (Å²) in [6, 6.07) is 3.64. The molecule has 27 heavy (non-hydrogen) atoms. The number of aromatic nitrogens is 2. The van der Waals surface area contributed by atoms with E-state index in [1.165, 1.54) is 31.7 Å². The van der Waals surface area contributed by atoms with Crippen molar-refractivity contribution in [3.8, 4) is 23.2 Å². The van der Waals surface area contributed by atoms with E-state index in [1.807, 2.05) is 6.08 Å². The van der Waals surface area contributed by atoms with Gasteiger partial charge in [-0.3, -0.25) is 0 Å². The van der Waals surface area contributed by atoms with Gasteiger partial charge in [0, 0.05) is 23.9 Å². The molecular weight excluding hydrogens is 342 g/mol. The third kappa shape index (κ3) is 5.47. The second-order valence-electron chi connectivity index (χ2n) is 7.13. The molecule has 1 heterocycles. The predicted molar refractivity (Wildman–Crippen MR) is 104 cm³/mol. The van der Waals surface area contributed by atoms with Crippen LogP contribution in [0.2, 0.25) is 0 Å². The van der Waals surface area contributed by atoms with E-state index in [-0.39, 0.29) is 0 Å². The van der Waals surface area contributed by atoms with Crippen molar-refractivity contribution in [3.63, 3.8) is 0 Å². The van der Waals surface area contributed by atoms with E-state index in [1.54, 1.807) is 12.4 Å². The molecule has 1 aromatic carbocycles. The summed E-state index contributed by atoms with van der Waals surface area (Å²) < 4.78 is 26.3. The molecule has 1 fully saturated rings. The van der Waals surface area contributed by atoms with Crippen LogP contribution in [0, 0.1) is 35.3 Å². The fraction of sp³-hybridized carbons (Fsp3) is 0.391. The Morgan fingerprint density at radius 1 is 1.07 bits per heavy atom. The largest absolute Gasteiger partial charge is 0.235 e. The van der Waals surface area contributed by atoms with Gasteiger partial charge in [0.1, 0.15) is 0 Å². The maximum Gasteiger partial charge on any atom is 0.159 e. The van der Waals surface area contributed by atoms with Gasteiger partial charge in [-0.2, -0.15) is 0 Å². The smallest absolute Gasteiger partial charge is 0.159 e. The summed E-state index contributed by atoms with van der Waals surface area (Å²) in [5.41, 5.74) is 1.19. The Morgan fingerprint density at radius 2 is 1.81 bits per heavy atom. The second-order valence-corrected chi connectivity index (χ2v) is 7.13. The summed E-state index contributed by atoms with van der Waals surface area (Å²) >= 11 is 0. The highest BCUT2D eigenvalue weighted by molar-refractivity contribution is 5.55. The zero-order valence-corrected chi connectivity index (χ0v) is 15.4. The summed E-state index contributed by atoms with van der Waals surface area (Å²) in [6.45, 7) is 3.78. The molecule has 1 aromatic heterocycles. The third-order valence-electron chi connectivity index (χ3n) is 5.12. The van der Waals surface area contributed by atoms with E-state index in [2.05, 4.69) is 28.4 Å². The van der Waals surface area contributed by atoms with Gasteiger partial charge in [0.15, 0.2) is 17.5 Å². The van der Waals surface area contributed by atoms with Gasteiger partial charge in [-0.25, -0.2) is 18.7 Å². The Bertz CT molecular complexity index is 826. The summed E-state index contributed by atoms with van der Waals surface area (Å²) in [4.78, 5) is 8.45. The molecule has 0 atom stereocenters. The highest BCUT2D eigenvalue weighted by Crippen LogP contribution is 2.31. The Hall–Kier alpha value is -2.54. The summed E-state index contributed by atoms with van der Waals surface area (Å²) in [7, 11) is 0. The number of allylic oxidation sites excluding steroid dienone is 1. The van der Waals surface area contributed by atoms with Crippen molar-refractivity contribution in [3.05, 3.63) is 60.4 Å². The van der Waals surface area contributed by atoms with Crippen molar-refractivity contribution in [2.24, 2.45) is 11.8 Å². The van der Waals surface area contributed by atoms with E-state index < -0.39 is 11.6 Å². The average Bonchev–Trinajstić information content (AvgIpc) is 2.70. The fourth-order valence-corrected chi connectivity index (χ4v) is 3.51. The lowest BCUT2D eigenvalue weighted by Gasteiger charge is -2.25. The number of rotatable bonds is 5. The molecule has 1 aliphatic rings. The van der Waals surface area contributed by atoms with Crippen molar-refractivity contribution >= 4 is 0 Å². The number of halogens is 2. The van der Waals surface area contributed by atoms with Crippen LogP contribution < -0.4 is 0 Å². The highest BCUT2D eigenvalue weighted by atomic mass is 19.2.